The average Bonchev–Trinajstić information content (AvgIpc) is 2.97. The van der Waals surface area contributed by atoms with Crippen molar-refractivity contribution in [3.05, 3.63) is 29.8 Å². The third-order valence-corrected chi connectivity index (χ3v) is 4.11. The van der Waals surface area contributed by atoms with E-state index in [4.69, 9.17) is 0 Å². The molecular formula is C16H25N3O2. The Morgan fingerprint density at radius 1 is 1.48 bits per heavy atom. The number of benzene rings is 1. The second kappa shape index (κ2) is 7.31. The monoisotopic (exact) mass is 291 g/mol. The van der Waals surface area contributed by atoms with Gasteiger partial charge in [-0.05, 0) is 31.5 Å². The molecule has 116 valence electrons. The second-order valence-electron chi connectivity index (χ2n) is 5.38. The molecule has 0 bridgehead atoms. The summed E-state index contributed by atoms with van der Waals surface area (Å²) in [4.78, 5) is 13.7. The number of methoxy groups -OCH3 is 1. The molecule has 0 radical (unpaired) electrons. The van der Waals surface area contributed by atoms with Gasteiger partial charge < -0.3 is 20.3 Å². The summed E-state index contributed by atoms with van der Waals surface area (Å²) in [6.07, 6.45) is 1.64. The molecule has 0 aromatic heterocycles. The Bertz CT molecular complexity index is 474. The molecule has 21 heavy (non-hydrogen) atoms. The molecule has 2 unspecified atom stereocenters. The Kier molecular flexibility index (Phi) is 5.44. The van der Waals surface area contributed by atoms with Gasteiger partial charge in [0.2, 0.25) is 0 Å². The van der Waals surface area contributed by atoms with Crippen molar-refractivity contribution < 1.29 is 9.53 Å². The summed E-state index contributed by atoms with van der Waals surface area (Å²) in [6.45, 7) is 3.96. The SMILES string of the molecule is CCC(NC)c1ccccc1N1CCC(NC(=O)OC)C1. The summed E-state index contributed by atoms with van der Waals surface area (Å²) in [7, 11) is 3.40. The van der Waals surface area contributed by atoms with Crippen LogP contribution in [0.5, 0.6) is 0 Å². The molecule has 2 rings (SSSR count). The van der Waals surface area contributed by atoms with E-state index in [2.05, 4.69) is 51.5 Å². The zero-order chi connectivity index (χ0) is 15.2. The highest BCUT2D eigenvalue weighted by molar-refractivity contribution is 5.67. The Morgan fingerprint density at radius 3 is 2.90 bits per heavy atom. The highest BCUT2D eigenvalue weighted by Crippen LogP contribution is 2.30. The summed E-state index contributed by atoms with van der Waals surface area (Å²) >= 11 is 0. The number of alkyl carbamates (subject to hydrolysis) is 1. The molecule has 1 aliphatic rings. The maximum atomic E-state index is 11.3. The maximum Gasteiger partial charge on any atom is 0.407 e. The van der Waals surface area contributed by atoms with Crippen molar-refractivity contribution in [2.75, 3.05) is 32.1 Å². The fraction of sp³-hybridized carbons (Fsp3) is 0.562. The summed E-state index contributed by atoms with van der Waals surface area (Å²) in [5.74, 6) is 0. The maximum absolute atomic E-state index is 11.3. The minimum absolute atomic E-state index is 0.153. The molecule has 0 aliphatic carbocycles. The van der Waals surface area contributed by atoms with Crippen molar-refractivity contribution in [1.82, 2.24) is 10.6 Å². The molecular weight excluding hydrogens is 266 g/mol. The molecule has 2 atom stereocenters. The first kappa shape index (κ1) is 15.6. The van der Waals surface area contributed by atoms with Gasteiger partial charge in [-0.1, -0.05) is 25.1 Å². The van der Waals surface area contributed by atoms with Crippen LogP contribution in [0.3, 0.4) is 0 Å². The predicted molar refractivity (Wildman–Crippen MR) is 84.7 cm³/mol. The number of nitrogens with one attached hydrogen (secondary N) is 2. The van der Waals surface area contributed by atoms with E-state index >= 15 is 0 Å². The molecule has 1 aromatic rings. The number of hydrogen-bond donors (Lipinski definition) is 2. The van der Waals surface area contributed by atoms with E-state index in [1.54, 1.807) is 0 Å². The van der Waals surface area contributed by atoms with Crippen LogP contribution >= 0.6 is 0 Å². The van der Waals surface area contributed by atoms with Gasteiger partial charge in [0.25, 0.3) is 0 Å². The highest BCUT2D eigenvalue weighted by Gasteiger charge is 2.26. The van der Waals surface area contributed by atoms with Gasteiger partial charge in [-0.15, -0.1) is 0 Å². The van der Waals surface area contributed by atoms with Crippen LogP contribution in [0.2, 0.25) is 0 Å². The number of para-hydroxylation sites is 1. The lowest BCUT2D eigenvalue weighted by Crippen LogP contribution is -2.37. The van der Waals surface area contributed by atoms with Crippen LogP contribution in [0.1, 0.15) is 31.4 Å². The number of anilines is 1. The zero-order valence-corrected chi connectivity index (χ0v) is 13.1. The van der Waals surface area contributed by atoms with Crippen molar-refractivity contribution in [3.63, 3.8) is 0 Å². The molecule has 2 N–H and O–H groups in total. The van der Waals surface area contributed by atoms with Gasteiger partial charge in [-0.3, -0.25) is 0 Å². The summed E-state index contributed by atoms with van der Waals surface area (Å²) in [5, 5.41) is 6.25. The van der Waals surface area contributed by atoms with E-state index < -0.39 is 0 Å². The van der Waals surface area contributed by atoms with Crippen molar-refractivity contribution in [3.8, 4) is 0 Å². The van der Waals surface area contributed by atoms with Crippen LogP contribution in [0.25, 0.3) is 0 Å². The van der Waals surface area contributed by atoms with Crippen molar-refractivity contribution >= 4 is 11.8 Å². The molecule has 0 saturated carbocycles. The van der Waals surface area contributed by atoms with Crippen LogP contribution in [0.4, 0.5) is 10.5 Å². The van der Waals surface area contributed by atoms with Crippen LogP contribution < -0.4 is 15.5 Å². The van der Waals surface area contributed by atoms with Crippen molar-refractivity contribution in [2.24, 2.45) is 0 Å². The number of amides is 1. The molecule has 0 spiro atoms. The molecule has 1 aliphatic heterocycles. The van der Waals surface area contributed by atoms with Crippen LogP contribution in [0.15, 0.2) is 24.3 Å². The van der Waals surface area contributed by atoms with Crippen molar-refractivity contribution in [1.29, 1.82) is 0 Å². The zero-order valence-electron chi connectivity index (χ0n) is 13.1. The highest BCUT2D eigenvalue weighted by atomic mass is 16.5. The fourth-order valence-electron chi connectivity index (χ4n) is 2.97. The molecule has 1 saturated heterocycles. The predicted octanol–water partition coefficient (Wildman–Crippen LogP) is 2.29. The Morgan fingerprint density at radius 2 is 2.24 bits per heavy atom. The number of carbonyl (C=O) groups is 1. The first-order valence-corrected chi connectivity index (χ1v) is 7.55. The van der Waals surface area contributed by atoms with Gasteiger partial charge in [-0.2, -0.15) is 0 Å². The molecule has 1 heterocycles. The minimum atomic E-state index is -0.350. The first-order chi connectivity index (χ1) is 10.2. The minimum Gasteiger partial charge on any atom is -0.453 e. The van der Waals surface area contributed by atoms with Gasteiger partial charge in [0.1, 0.15) is 0 Å². The Labute approximate surface area is 126 Å². The molecule has 1 aromatic carbocycles. The van der Waals surface area contributed by atoms with E-state index in [-0.39, 0.29) is 12.1 Å². The summed E-state index contributed by atoms with van der Waals surface area (Å²) in [6, 6.07) is 9.01. The summed E-state index contributed by atoms with van der Waals surface area (Å²) < 4.78 is 4.67. The smallest absolute Gasteiger partial charge is 0.407 e. The lowest BCUT2D eigenvalue weighted by molar-refractivity contribution is 0.167. The third-order valence-electron chi connectivity index (χ3n) is 4.11. The van der Waals surface area contributed by atoms with E-state index in [1.807, 2.05) is 7.05 Å². The lowest BCUT2D eigenvalue weighted by Gasteiger charge is -2.26. The van der Waals surface area contributed by atoms with Gasteiger partial charge in [0.05, 0.1) is 13.2 Å². The molecule has 5 heteroatoms. The number of hydrogen-bond acceptors (Lipinski definition) is 4. The van der Waals surface area contributed by atoms with Crippen LogP contribution in [-0.4, -0.2) is 39.4 Å². The Hall–Kier alpha value is -1.75. The number of rotatable bonds is 5. The van der Waals surface area contributed by atoms with Crippen LogP contribution in [-0.2, 0) is 4.74 Å². The van der Waals surface area contributed by atoms with E-state index in [9.17, 15) is 4.79 Å². The van der Waals surface area contributed by atoms with Gasteiger partial charge in [0.15, 0.2) is 0 Å². The number of carbonyl (C=O) groups excluding carboxylic acids is 1. The quantitative estimate of drug-likeness (QED) is 0.874. The lowest BCUT2D eigenvalue weighted by atomic mass is 10.0. The van der Waals surface area contributed by atoms with Crippen LogP contribution in [0, 0.1) is 0 Å². The standard InChI is InChI=1S/C16H25N3O2/c1-4-14(17-2)13-7-5-6-8-15(13)19-10-9-12(11-19)18-16(20)21-3/h5-8,12,14,17H,4,9-11H2,1-3H3,(H,18,20). The normalized spacial score (nSPS) is 19.4. The van der Waals surface area contributed by atoms with Gasteiger partial charge in [0, 0.05) is 24.8 Å². The summed E-state index contributed by atoms with van der Waals surface area (Å²) in [5.41, 5.74) is 2.58. The molecule has 5 nitrogen and oxygen atoms in total. The van der Waals surface area contributed by atoms with Gasteiger partial charge >= 0.3 is 6.09 Å². The van der Waals surface area contributed by atoms with Gasteiger partial charge in [-0.25, -0.2) is 4.79 Å². The second-order valence-corrected chi connectivity index (χ2v) is 5.38. The molecule has 1 amide bonds. The average molecular weight is 291 g/mol. The van der Waals surface area contributed by atoms with E-state index in [0.29, 0.717) is 6.04 Å². The number of nitrogens with zero attached hydrogens (tertiary/aromatic N) is 1. The molecule has 1 fully saturated rings. The largest absolute Gasteiger partial charge is 0.453 e. The Balaban J connectivity index is 2.11. The van der Waals surface area contributed by atoms with E-state index in [1.165, 1.54) is 18.4 Å². The first-order valence-electron chi connectivity index (χ1n) is 7.55. The number of ether oxygens (including phenoxy) is 1. The van der Waals surface area contributed by atoms with Crippen molar-refractivity contribution in [2.45, 2.75) is 31.8 Å². The topological polar surface area (TPSA) is 53.6 Å². The third kappa shape index (κ3) is 3.67. The fourth-order valence-corrected chi connectivity index (χ4v) is 2.97. The van der Waals surface area contributed by atoms with E-state index in [0.717, 1.165) is 25.9 Å².